The molecule has 0 bridgehead atoms. The number of thioether (sulfide) groups is 1. The van der Waals surface area contributed by atoms with Crippen molar-refractivity contribution in [2.24, 2.45) is 7.05 Å². The number of nitrogens with zero attached hydrogens (tertiary/aromatic N) is 5. The minimum absolute atomic E-state index is 0.152. The van der Waals surface area contributed by atoms with Crippen LogP contribution in [0.3, 0.4) is 0 Å². The SMILES string of the molecule is COc1cnc(CSc2nnnn2C)cc1OCC(=O)NCc1ccco1. The van der Waals surface area contributed by atoms with Gasteiger partial charge in [0.1, 0.15) is 5.76 Å². The lowest BCUT2D eigenvalue weighted by Crippen LogP contribution is -2.28. The number of aromatic nitrogens is 5. The fourth-order valence-corrected chi connectivity index (χ4v) is 2.84. The number of carbonyl (C=O) groups is 1. The van der Waals surface area contributed by atoms with Gasteiger partial charge in [-0.05, 0) is 22.6 Å². The highest BCUT2D eigenvalue weighted by Crippen LogP contribution is 2.28. The number of tetrazole rings is 1. The van der Waals surface area contributed by atoms with Gasteiger partial charge >= 0.3 is 0 Å². The van der Waals surface area contributed by atoms with E-state index in [2.05, 4.69) is 25.8 Å². The average molecular weight is 390 g/mol. The van der Waals surface area contributed by atoms with Crippen LogP contribution >= 0.6 is 11.8 Å². The normalized spacial score (nSPS) is 10.6. The summed E-state index contributed by atoms with van der Waals surface area (Å²) in [5, 5.41) is 14.7. The number of ether oxygens (including phenoxy) is 2. The first-order chi connectivity index (χ1) is 13.2. The molecule has 3 rings (SSSR count). The zero-order valence-electron chi connectivity index (χ0n) is 14.8. The lowest BCUT2D eigenvalue weighted by Gasteiger charge is -2.11. The molecule has 0 fully saturated rings. The minimum atomic E-state index is -0.272. The van der Waals surface area contributed by atoms with Crippen molar-refractivity contribution in [1.82, 2.24) is 30.5 Å². The smallest absolute Gasteiger partial charge is 0.258 e. The third-order valence-corrected chi connectivity index (χ3v) is 4.48. The monoisotopic (exact) mass is 390 g/mol. The van der Waals surface area contributed by atoms with Crippen LogP contribution in [0.4, 0.5) is 0 Å². The summed E-state index contributed by atoms with van der Waals surface area (Å²) in [6, 6.07) is 5.27. The molecular formula is C16H18N6O4S. The zero-order chi connectivity index (χ0) is 19.1. The third-order valence-electron chi connectivity index (χ3n) is 3.44. The molecule has 3 aromatic rings. The van der Waals surface area contributed by atoms with Crippen LogP contribution < -0.4 is 14.8 Å². The van der Waals surface area contributed by atoms with Gasteiger partial charge in [0.05, 0.1) is 31.8 Å². The summed E-state index contributed by atoms with van der Waals surface area (Å²) >= 11 is 1.44. The second-order valence-corrected chi connectivity index (χ2v) is 6.29. The number of rotatable bonds is 9. The van der Waals surface area contributed by atoms with E-state index < -0.39 is 0 Å². The van der Waals surface area contributed by atoms with Gasteiger partial charge in [0, 0.05) is 18.9 Å². The Kier molecular flexibility index (Phi) is 6.26. The van der Waals surface area contributed by atoms with Gasteiger partial charge in [0.15, 0.2) is 18.1 Å². The molecule has 0 atom stereocenters. The molecule has 0 aliphatic carbocycles. The van der Waals surface area contributed by atoms with Crippen molar-refractivity contribution in [3.63, 3.8) is 0 Å². The highest BCUT2D eigenvalue weighted by atomic mass is 32.2. The number of aryl methyl sites for hydroxylation is 1. The fraction of sp³-hybridized carbons (Fsp3) is 0.312. The molecule has 1 amide bonds. The molecule has 1 N–H and O–H groups in total. The minimum Gasteiger partial charge on any atom is -0.491 e. The van der Waals surface area contributed by atoms with E-state index >= 15 is 0 Å². The summed E-state index contributed by atoms with van der Waals surface area (Å²) in [6.45, 7) is 0.150. The van der Waals surface area contributed by atoms with E-state index in [1.807, 2.05) is 0 Å². The molecule has 11 heteroatoms. The van der Waals surface area contributed by atoms with E-state index in [1.54, 1.807) is 42.4 Å². The van der Waals surface area contributed by atoms with Crippen LogP contribution in [0.2, 0.25) is 0 Å². The van der Waals surface area contributed by atoms with Crippen LogP contribution in [0, 0.1) is 0 Å². The Morgan fingerprint density at radius 1 is 1.41 bits per heavy atom. The van der Waals surface area contributed by atoms with Crippen molar-refractivity contribution in [2.75, 3.05) is 13.7 Å². The Hall–Kier alpha value is -3.08. The zero-order valence-corrected chi connectivity index (χ0v) is 15.6. The number of pyridine rings is 1. The Bertz CT molecular complexity index is 883. The number of nitrogens with one attached hydrogen (secondary N) is 1. The van der Waals surface area contributed by atoms with Crippen LogP contribution in [0.15, 0.2) is 40.2 Å². The van der Waals surface area contributed by atoms with E-state index in [1.165, 1.54) is 18.9 Å². The molecule has 3 heterocycles. The Morgan fingerprint density at radius 2 is 2.30 bits per heavy atom. The first-order valence-electron chi connectivity index (χ1n) is 7.95. The van der Waals surface area contributed by atoms with Crippen molar-refractivity contribution >= 4 is 17.7 Å². The van der Waals surface area contributed by atoms with Gasteiger partial charge < -0.3 is 19.2 Å². The van der Waals surface area contributed by atoms with E-state index in [0.717, 1.165) is 5.69 Å². The second-order valence-electron chi connectivity index (χ2n) is 5.35. The van der Waals surface area contributed by atoms with Crippen molar-refractivity contribution in [3.05, 3.63) is 42.1 Å². The van der Waals surface area contributed by atoms with Gasteiger partial charge in [-0.2, -0.15) is 0 Å². The number of hydrogen-bond donors (Lipinski definition) is 1. The lowest BCUT2D eigenvalue weighted by atomic mass is 10.3. The summed E-state index contributed by atoms with van der Waals surface area (Å²) < 4.78 is 17.6. The first kappa shape index (κ1) is 18.7. The Balaban J connectivity index is 1.56. The van der Waals surface area contributed by atoms with Gasteiger partial charge in [0.2, 0.25) is 5.16 Å². The summed E-state index contributed by atoms with van der Waals surface area (Å²) in [7, 11) is 3.28. The Labute approximate surface area is 159 Å². The summed E-state index contributed by atoms with van der Waals surface area (Å²) in [5.74, 6) is 1.82. The predicted octanol–water partition coefficient (Wildman–Crippen LogP) is 1.19. The fourth-order valence-electron chi connectivity index (χ4n) is 2.09. The maximum Gasteiger partial charge on any atom is 0.258 e. The quantitative estimate of drug-likeness (QED) is 0.538. The molecule has 0 aromatic carbocycles. The van der Waals surface area contributed by atoms with E-state index in [9.17, 15) is 4.79 Å². The van der Waals surface area contributed by atoms with E-state index in [0.29, 0.717) is 34.7 Å². The Morgan fingerprint density at radius 3 is 3.00 bits per heavy atom. The summed E-state index contributed by atoms with van der Waals surface area (Å²) in [5.41, 5.74) is 0.745. The molecular weight excluding hydrogens is 372 g/mol. The van der Waals surface area contributed by atoms with Gasteiger partial charge in [-0.15, -0.1) is 5.10 Å². The van der Waals surface area contributed by atoms with E-state index in [-0.39, 0.29) is 12.5 Å². The molecule has 0 aliphatic rings. The van der Waals surface area contributed by atoms with Gasteiger partial charge in [-0.1, -0.05) is 11.8 Å². The van der Waals surface area contributed by atoms with Crippen molar-refractivity contribution in [3.8, 4) is 11.5 Å². The second kappa shape index (κ2) is 9.03. The largest absolute Gasteiger partial charge is 0.491 e. The molecule has 3 aromatic heterocycles. The standard InChI is InChI=1S/C16H18N6O4S/c1-22-16(19-20-21-22)27-10-11-6-13(14(24-2)8-17-11)26-9-15(23)18-7-12-4-3-5-25-12/h3-6,8H,7,9-10H2,1-2H3,(H,18,23). The molecule has 0 radical (unpaired) electrons. The number of furan rings is 1. The van der Waals surface area contributed by atoms with Crippen LogP contribution in [0.5, 0.6) is 11.5 Å². The third kappa shape index (κ3) is 5.20. The topological polar surface area (TPSA) is 117 Å². The number of amides is 1. The van der Waals surface area contributed by atoms with Crippen molar-refractivity contribution < 1.29 is 18.7 Å². The van der Waals surface area contributed by atoms with Crippen LogP contribution in [0.25, 0.3) is 0 Å². The van der Waals surface area contributed by atoms with Crippen molar-refractivity contribution in [2.45, 2.75) is 17.5 Å². The molecule has 10 nitrogen and oxygen atoms in total. The number of hydrogen-bond acceptors (Lipinski definition) is 9. The molecule has 0 unspecified atom stereocenters. The van der Waals surface area contributed by atoms with E-state index in [4.69, 9.17) is 13.9 Å². The first-order valence-corrected chi connectivity index (χ1v) is 8.94. The van der Waals surface area contributed by atoms with Crippen molar-refractivity contribution in [1.29, 1.82) is 0 Å². The summed E-state index contributed by atoms with van der Waals surface area (Å²) in [4.78, 5) is 16.3. The predicted molar refractivity (Wildman–Crippen MR) is 95.2 cm³/mol. The average Bonchev–Trinajstić information content (AvgIpc) is 3.34. The molecule has 0 saturated heterocycles. The van der Waals surface area contributed by atoms with Crippen LogP contribution in [0.1, 0.15) is 11.5 Å². The molecule has 0 spiro atoms. The maximum atomic E-state index is 12.0. The number of methoxy groups -OCH3 is 1. The van der Waals surface area contributed by atoms with Gasteiger partial charge in [-0.25, -0.2) is 4.68 Å². The van der Waals surface area contributed by atoms with Crippen LogP contribution in [-0.4, -0.2) is 44.8 Å². The van der Waals surface area contributed by atoms with Gasteiger partial charge in [0.25, 0.3) is 5.91 Å². The highest BCUT2D eigenvalue weighted by Gasteiger charge is 2.11. The summed E-state index contributed by atoms with van der Waals surface area (Å²) in [6.07, 6.45) is 3.11. The van der Waals surface area contributed by atoms with Gasteiger partial charge in [-0.3, -0.25) is 9.78 Å². The highest BCUT2D eigenvalue weighted by molar-refractivity contribution is 7.98. The molecule has 0 aliphatic heterocycles. The maximum absolute atomic E-state index is 12.0. The molecule has 142 valence electrons. The lowest BCUT2D eigenvalue weighted by molar-refractivity contribution is -0.123. The molecule has 0 saturated carbocycles. The number of carbonyl (C=O) groups excluding carboxylic acids is 1. The van der Waals surface area contributed by atoms with Crippen LogP contribution in [-0.2, 0) is 24.1 Å². The molecule has 27 heavy (non-hydrogen) atoms.